The molecule has 1 heterocycles. The molecule has 0 unspecified atom stereocenters. The van der Waals surface area contributed by atoms with Crippen molar-refractivity contribution in [2.24, 2.45) is 11.1 Å². The molecule has 1 aromatic rings. The van der Waals surface area contributed by atoms with Crippen LogP contribution in [0.1, 0.15) is 50.5 Å². The van der Waals surface area contributed by atoms with E-state index in [0.29, 0.717) is 25.0 Å². The molecule has 0 bridgehead atoms. The molecule has 0 saturated heterocycles. The lowest BCUT2D eigenvalue weighted by Crippen LogP contribution is -2.49. The summed E-state index contributed by atoms with van der Waals surface area (Å²) in [4.78, 5) is 19.3. The van der Waals surface area contributed by atoms with Crippen molar-refractivity contribution in [3.63, 3.8) is 0 Å². The number of rotatable bonds is 5. The topological polar surface area (TPSA) is 59.2 Å². The summed E-state index contributed by atoms with van der Waals surface area (Å²) in [6.07, 6.45) is 11.3. The van der Waals surface area contributed by atoms with Gasteiger partial charge >= 0.3 is 0 Å². The van der Waals surface area contributed by atoms with E-state index in [2.05, 4.69) is 9.88 Å². The van der Waals surface area contributed by atoms with Crippen LogP contribution in [0.3, 0.4) is 0 Å². The van der Waals surface area contributed by atoms with Crippen LogP contribution in [-0.2, 0) is 11.3 Å². The SMILES string of the molecule is NCC1(C(=O)N(Cc2ccncc2)C2CC2)CCCCC1. The maximum atomic E-state index is 13.2. The maximum absolute atomic E-state index is 13.2. The Morgan fingerprint density at radius 3 is 2.48 bits per heavy atom. The number of aromatic nitrogens is 1. The summed E-state index contributed by atoms with van der Waals surface area (Å²) >= 11 is 0. The lowest BCUT2D eigenvalue weighted by Gasteiger charge is -2.39. The molecule has 2 aliphatic carbocycles. The van der Waals surface area contributed by atoms with E-state index in [9.17, 15) is 4.79 Å². The van der Waals surface area contributed by atoms with Crippen molar-refractivity contribution in [1.82, 2.24) is 9.88 Å². The molecule has 2 saturated carbocycles. The van der Waals surface area contributed by atoms with Crippen molar-refractivity contribution in [1.29, 1.82) is 0 Å². The summed E-state index contributed by atoms with van der Waals surface area (Å²) in [5.74, 6) is 0.295. The monoisotopic (exact) mass is 287 g/mol. The number of carbonyl (C=O) groups excluding carboxylic acids is 1. The molecule has 2 aliphatic rings. The fourth-order valence-corrected chi connectivity index (χ4v) is 3.48. The Morgan fingerprint density at radius 1 is 1.24 bits per heavy atom. The number of pyridine rings is 1. The van der Waals surface area contributed by atoms with Gasteiger partial charge in [-0.1, -0.05) is 19.3 Å². The van der Waals surface area contributed by atoms with Gasteiger partial charge in [0, 0.05) is 31.5 Å². The largest absolute Gasteiger partial charge is 0.335 e. The molecule has 4 heteroatoms. The highest BCUT2D eigenvalue weighted by atomic mass is 16.2. The van der Waals surface area contributed by atoms with Crippen LogP contribution in [0.25, 0.3) is 0 Å². The number of nitrogens with two attached hydrogens (primary N) is 1. The fraction of sp³-hybridized carbons (Fsp3) is 0.647. The summed E-state index contributed by atoms with van der Waals surface area (Å²) in [6, 6.07) is 4.42. The second kappa shape index (κ2) is 6.14. The second-order valence-corrected chi connectivity index (χ2v) is 6.56. The Kier molecular flexibility index (Phi) is 4.24. The summed E-state index contributed by atoms with van der Waals surface area (Å²) in [6.45, 7) is 1.19. The first-order valence-electron chi connectivity index (χ1n) is 8.15. The quantitative estimate of drug-likeness (QED) is 0.905. The summed E-state index contributed by atoms with van der Waals surface area (Å²) in [7, 11) is 0. The summed E-state index contributed by atoms with van der Waals surface area (Å²) in [5.41, 5.74) is 6.90. The first-order valence-corrected chi connectivity index (χ1v) is 8.15. The van der Waals surface area contributed by atoms with Crippen molar-refractivity contribution >= 4 is 5.91 Å². The van der Waals surface area contributed by atoms with Crippen LogP contribution in [0.2, 0.25) is 0 Å². The maximum Gasteiger partial charge on any atom is 0.230 e. The number of hydrogen-bond donors (Lipinski definition) is 1. The molecule has 0 aromatic carbocycles. The van der Waals surface area contributed by atoms with Gasteiger partial charge in [0.1, 0.15) is 0 Å². The van der Waals surface area contributed by atoms with E-state index >= 15 is 0 Å². The van der Waals surface area contributed by atoms with Gasteiger partial charge in [-0.15, -0.1) is 0 Å². The van der Waals surface area contributed by atoms with Gasteiger partial charge in [-0.3, -0.25) is 9.78 Å². The lowest BCUT2D eigenvalue weighted by atomic mass is 9.73. The lowest BCUT2D eigenvalue weighted by molar-refractivity contribution is -0.145. The van der Waals surface area contributed by atoms with Crippen LogP contribution in [0.15, 0.2) is 24.5 Å². The standard InChI is InChI=1S/C17H25N3O/c18-13-17(8-2-1-3-9-17)16(21)20(15-4-5-15)12-14-6-10-19-11-7-14/h6-7,10-11,15H,1-5,8-9,12-13,18H2. The number of carbonyl (C=O) groups is 1. The zero-order chi connectivity index (χ0) is 14.7. The highest BCUT2D eigenvalue weighted by Crippen LogP contribution is 2.40. The van der Waals surface area contributed by atoms with Crippen molar-refractivity contribution in [2.75, 3.05) is 6.54 Å². The number of nitrogens with zero attached hydrogens (tertiary/aromatic N) is 2. The molecule has 2 N–H and O–H groups in total. The third-order valence-corrected chi connectivity index (χ3v) is 5.01. The molecule has 3 rings (SSSR count). The minimum Gasteiger partial charge on any atom is -0.335 e. The highest BCUT2D eigenvalue weighted by molar-refractivity contribution is 5.83. The average Bonchev–Trinajstić information content (AvgIpc) is 3.38. The van der Waals surface area contributed by atoms with Gasteiger partial charge in [-0.2, -0.15) is 0 Å². The van der Waals surface area contributed by atoms with Crippen LogP contribution in [0, 0.1) is 5.41 Å². The Balaban J connectivity index is 1.78. The molecule has 1 amide bonds. The molecule has 114 valence electrons. The van der Waals surface area contributed by atoms with E-state index in [-0.39, 0.29) is 5.41 Å². The predicted molar refractivity (Wildman–Crippen MR) is 82.4 cm³/mol. The van der Waals surface area contributed by atoms with Crippen LogP contribution < -0.4 is 5.73 Å². The Hall–Kier alpha value is -1.42. The first kappa shape index (κ1) is 14.5. The minimum atomic E-state index is -0.298. The van der Waals surface area contributed by atoms with Crippen molar-refractivity contribution in [2.45, 2.75) is 57.5 Å². The van der Waals surface area contributed by atoms with E-state index in [1.54, 1.807) is 12.4 Å². The van der Waals surface area contributed by atoms with E-state index in [0.717, 1.165) is 44.1 Å². The van der Waals surface area contributed by atoms with Gasteiger partial charge in [-0.25, -0.2) is 0 Å². The molecule has 21 heavy (non-hydrogen) atoms. The van der Waals surface area contributed by atoms with Crippen LogP contribution >= 0.6 is 0 Å². The molecular formula is C17H25N3O. The molecular weight excluding hydrogens is 262 g/mol. The van der Waals surface area contributed by atoms with Crippen LogP contribution in [0.5, 0.6) is 0 Å². The summed E-state index contributed by atoms with van der Waals surface area (Å²) < 4.78 is 0. The second-order valence-electron chi connectivity index (χ2n) is 6.56. The zero-order valence-corrected chi connectivity index (χ0v) is 12.6. The van der Waals surface area contributed by atoms with E-state index in [4.69, 9.17) is 5.73 Å². The van der Waals surface area contributed by atoms with Crippen molar-refractivity contribution < 1.29 is 4.79 Å². The summed E-state index contributed by atoms with van der Waals surface area (Å²) in [5, 5.41) is 0. The van der Waals surface area contributed by atoms with E-state index < -0.39 is 0 Å². The normalized spacial score (nSPS) is 21.0. The molecule has 0 atom stereocenters. The molecule has 1 aromatic heterocycles. The predicted octanol–water partition coefficient (Wildman–Crippen LogP) is 2.48. The van der Waals surface area contributed by atoms with E-state index in [1.807, 2.05) is 12.1 Å². The number of hydrogen-bond acceptors (Lipinski definition) is 3. The van der Waals surface area contributed by atoms with Crippen LogP contribution in [0.4, 0.5) is 0 Å². The zero-order valence-electron chi connectivity index (χ0n) is 12.6. The smallest absolute Gasteiger partial charge is 0.230 e. The van der Waals surface area contributed by atoms with Crippen molar-refractivity contribution in [3.8, 4) is 0 Å². The Morgan fingerprint density at radius 2 is 1.90 bits per heavy atom. The minimum absolute atomic E-state index is 0.295. The third-order valence-electron chi connectivity index (χ3n) is 5.01. The van der Waals surface area contributed by atoms with E-state index in [1.165, 1.54) is 6.42 Å². The van der Waals surface area contributed by atoms with Gasteiger partial charge in [0.2, 0.25) is 5.91 Å². The highest BCUT2D eigenvalue weighted by Gasteiger charge is 2.44. The molecule has 0 radical (unpaired) electrons. The van der Waals surface area contributed by atoms with Gasteiger partial charge < -0.3 is 10.6 Å². The molecule has 0 spiro atoms. The Bertz CT molecular complexity index is 478. The Labute approximate surface area is 126 Å². The van der Waals surface area contributed by atoms with Gasteiger partial charge in [0.05, 0.1) is 5.41 Å². The third kappa shape index (κ3) is 3.10. The number of amides is 1. The van der Waals surface area contributed by atoms with Crippen molar-refractivity contribution in [3.05, 3.63) is 30.1 Å². The molecule has 4 nitrogen and oxygen atoms in total. The fourth-order valence-electron chi connectivity index (χ4n) is 3.48. The van der Waals surface area contributed by atoms with Gasteiger partial charge in [0.15, 0.2) is 0 Å². The molecule has 2 fully saturated rings. The average molecular weight is 287 g/mol. The van der Waals surface area contributed by atoms with Gasteiger partial charge in [-0.05, 0) is 43.4 Å². The first-order chi connectivity index (χ1) is 10.2. The van der Waals surface area contributed by atoms with Crippen LogP contribution in [-0.4, -0.2) is 28.4 Å². The van der Waals surface area contributed by atoms with Gasteiger partial charge in [0.25, 0.3) is 0 Å². The molecule has 0 aliphatic heterocycles.